The molecule has 0 atom stereocenters. The van der Waals surface area contributed by atoms with Crippen LogP contribution in [-0.2, 0) is 0 Å². The molecule has 1 aliphatic carbocycles. The van der Waals surface area contributed by atoms with Gasteiger partial charge in [-0.05, 0) is 25.3 Å². The summed E-state index contributed by atoms with van der Waals surface area (Å²) in [5, 5.41) is 3.85. The van der Waals surface area contributed by atoms with Gasteiger partial charge in [-0.2, -0.15) is 0 Å². The van der Waals surface area contributed by atoms with E-state index in [1.54, 1.807) is 0 Å². The second-order valence-corrected chi connectivity index (χ2v) is 4.40. The number of aromatic nitrogens is 2. The predicted molar refractivity (Wildman–Crippen MR) is 61.0 cm³/mol. The Labute approximate surface area is 94.7 Å². The minimum absolute atomic E-state index is 0.705. The third-order valence-corrected chi connectivity index (χ3v) is 2.86. The molecular formula is C11H15N5. The number of anilines is 1. The van der Waals surface area contributed by atoms with E-state index in [1.165, 1.54) is 18.5 Å². The average Bonchev–Trinajstić information content (AvgIpc) is 3.04. The van der Waals surface area contributed by atoms with Crippen LogP contribution in [0.5, 0.6) is 0 Å². The molecule has 1 aromatic heterocycles. The van der Waals surface area contributed by atoms with E-state index in [1.807, 2.05) is 36.5 Å². The van der Waals surface area contributed by atoms with Gasteiger partial charge in [-0.15, -0.1) is 5.12 Å². The summed E-state index contributed by atoms with van der Waals surface area (Å²) in [4.78, 5) is 8.63. The van der Waals surface area contributed by atoms with Gasteiger partial charge in [0.1, 0.15) is 0 Å². The molecule has 0 spiro atoms. The third kappa shape index (κ3) is 1.63. The average molecular weight is 217 g/mol. The van der Waals surface area contributed by atoms with Gasteiger partial charge < -0.3 is 5.43 Å². The van der Waals surface area contributed by atoms with Gasteiger partial charge >= 0.3 is 0 Å². The predicted octanol–water partition coefficient (Wildman–Crippen LogP) is 1.21. The molecule has 84 valence electrons. The maximum Gasteiger partial charge on any atom is 0.245 e. The summed E-state index contributed by atoms with van der Waals surface area (Å²) in [7, 11) is 1.97. The molecule has 3 rings (SSSR count). The van der Waals surface area contributed by atoms with Crippen LogP contribution >= 0.6 is 0 Å². The monoisotopic (exact) mass is 217 g/mol. The molecule has 0 aromatic carbocycles. The molecule has 1 aliphatic heterocycles. The lowest BCUT2D eigenvalue weighted by Crippen LogP contribution is -2.39. The topological polar surface area (TPSA) is 44.3 Å². The fourth-order valence-electron chi connectivity index (χ4n) is 1.77. The molecule has 1 saturated carbocycles. The Balaban J connectivity index is 1.85. The number of rotatable bonds is 2. The van der Waals surface area contributed by atoms with Crippen molar-refractivity contribution in [3.8, 4) is 0 Å². The van der Waals surface area contributed by atoms with Gasteiger partial charge in [-0.3, -0.25) is 0 Å². The first kappa shape index (κ1) is 9.59. The Morgan fingerprint density at radius 2 is 2.00 bits per heavy atom. The van der Waals surface area contributed by atoms with Crippen molar-refractivity contribution in [3.05, 3.63) is 29.9 Å². The zero-order valence-corrected chi connectivity index (χ0v) is 9.51. The summed E-state index contributed by atoms with van der Waals surface area (Å²) in [6.07, 6.45) is 8.32. The molecule has 0 amide bonds. The van der Waals surface area contributed by atoms with Gasteiger partial charge in [0, 0.05) is 37.3 Å². The molecule has 1 N–H and O–H groups in total. The molecule has 0 unspecified atom stereocenters. The Morgan fingerprint density at radius 1 is 1.31 bits per heavy atom. The minimum Gasteiger partial charge on any atom is -0.303 e. The van der Waals surface area contributed by atoms with Gasteiger partial charge in [0.25, 0.3) is 0 Å². The number of nitrogens with one attached hydrogen (secondary N) is 1. The van der Waals surface area contributed by atoms with Crippen molar-refractivity contribution >= 4 is 5.95 Å². The second kappa shape index (κ2) is 3.45. The van der Waals surface area contributed by atoms with Crippen molar-refractivity contribution in [1.29, 1.82) is 0 Å². The van der Waals surface area contributed by atoms with E-state index in [-0.39, 0.29) is 0 Å². The van der Waals surface area contributed by atoms with Gasteiger partial charge in [0.15, 0.2) is 0 Å². The molecule has 5 nitrogen and oxygen atoms in total. The van der Waals surface area contributed by atoms with Gasteiger partial charge in [-0.1, -0.05) is 0 Å². The molecule has 5 heteroatoms. The summed E-state index contributed by atoms with van der Waals surface area (Å²) in [5.41, 5.74) is 5.66. The molecule has 16 heavy (non-hydrogen) atoms. The van der Waals surface area contributed by atoms with Gasteiger partial charge in [0.05, 0.1) is 0 Å². The van der Waals surface area contributed by atoms with Crippen LogP contribution in [0.2, 0.25) is 0 Å². The Hall–Kier alpha value is -1.62. The van der Waals surface area contributed by atoms with Crippen molar-refractivity contribution in [2.24, 2.45) is 5.92 Å². The second-order valence-electron chi connectivity index (χ2n) is 4.40. The van der Waals surface area contributed by atoms with Crippen molar-refractivity contribution in [2.75, 3.05) is 12.1 Å². The summed E-state index contributed by atoms with van der Waals surface area (Å²) in [5.74, 6) is 1.41. The zero-order chi connectivity index (χ0) is 11.1. The van der Waals surface area contributed by atoms with Crippen molar-refractivity contribution in [2.45, 2.75) is 19.8 Å². The molecule has 0 bridgehead atoms. The van der Waals surface area contributed by atoms with Crippen LogP contribution in [-0.4, -0.2) is 22.1 Å². The molecule has 1 fully saturated rings. The Bertz CT molecular complexity index is 421. The van der Waals surface area contributed by atoms with Gasteiger partial charge in [0.2, 0.25) is 5.95 Å². The SMILES string of the molecule is Cc1cnc(N2C=C(C3CC3)NN2C)nc1. The Kier molecular flexibility index (Phi) is 2.07. The fraction of sp³-hybridized carbons (Fsp3) is 0.455. The minimum atomic E-state index is 0.705. The number of aryl methyl sites for hydroxylation is 1. The van der Waals surface area contributed by atoms with Crippen LogP contribution in [0.15, 0.2) is 24.3 Å². The normalized spacial score (nSPS) is 20.9. The van der Waals surface area contributed by atoms with E-state index < -0.39 is 0 Å². The highest BCUT2D eigenvalue weighted by Crippen LogP contribution is 2.37. The summed E-state index contributed by atoms with van der Waals surface area (Å²) >= 11 is 0. The lowest BCUT2D eigenvalue weighted by Gasteiger charge is -2.22. The summed E-state index contributed by atoms with van der Waals surface area (Å²) in [6, 6.07) is 0. The fourth-order valence-corrected chi connectivity index (χ4v) is 1.77. The molecular weight excluding hydrogens is 202 g/mol. The number of hydrogen-bond acceptors (Lipinski definition) is 5. The standard InChI is InChI=1S/C11H15N5/c1-8-5-12-11(13-6-8)16-7-10(9-3-4-9)14-15(16)2/h5-7,9,14H,3-4H2,1-2H3. The highest BCUT2D eigenvalue weighted by atomic mass is 15.8. The maximum absolute atomic E-state index is 4.31. The van der Waals surface area contributed by atoms with Crippen molar-refractivity contribution in [1.82, 2.24) is 20.5 Å². The van der Waals surface area contributed by atoms with E-state index in [0.717, 1.165) is 5.56 Å². The maximum atomic E-state index is 4.31. The highest BCUT2D eigenvalue weighted by Gasteiger charge is 2.32. The largest absolute Gasteiger partial charge is 0.303 e. The van der Waals surface area contributed by atoms with Gasteiger partial charge in [-0.25, -0.2) is 15.0 Å². The van der Waals surface area contributed by atoms with E-state index in [9.17, 15) is 0 Å². The zero-order valence-electron chi connectivity index (χ0n) is 9.51. The highest BCUT2D eigenvalue weighted by molar-refractivity contribution is 5.37. The first-order valence-corrected chi connectivity index (χ1v) is 5.54. The lowest BCUT2D eigenvalue weighted by atomic mass is 10.3. The molecule has 2 heterocycles. The Morgan fingerprint density at radius 3 is 2.62 bits per heavy atom. The van der Waals surface area contributed by atoms with Crippen LogP contribution in [0.25, 0.3) is 0 Å². The van der Waals surface area contributed by atoms with Crippen LogP contribution in [0, 0.1) is 12.8 Å². The van der Waals surface area contributed by atoms with E-state index in [4.69, 9.17) is 0 Å². The van der Waals surface area contributed by atoms with Crippen LogP contribution in [0.4, 0.5) is 5.95 Å². The number of hydrogen-bond donors (Lipinski definition) is 1. The van der Waals surface area contributed by atoms with Crippen molar-refractivity contribution in [3.63, 3.8) is 0 Å². The van der Waals surface area contributed by atoms with E-state index in [0.29, 0.717) is 11.9 Å². The van der Waals surface area contributed by atoms with Crippen LogP contribution in [0.1, 0.15) is 18.4 Å². The third-order valence-electron chi connectivity index (χ3n) is 2.86. The van der Waals surface area contributed by atoms with E-state index >= 15 is 0 Å². The lowest BCUT2D eigenvalue weighted by molar-refractivity contribution is 0.285. The summed E-state index contributed by atoms with van der Waals surface area (Å²) < 4.78 is 0. The molecule has 0 radical (unpaired) electrons. The first-order chi connectivity index (χ1) is 7.74. The van der Waals surface area contributed by atoms with Crippen molar-refractivity contribution < 1.29 is 0 Å². The number of hydrazine groups is 2. The number of nitrogens with zero attached hydrogens (tertiary/aromatic N) is 4. The first-order valence-electron chi connectivity index (χ1n) is 5.54. The smallest absolute Gasteiger partial charge is 0.245 e. The quantitative estimate of drug-likeness (QED) is 0.806. The molecule has 1 aromatic rings. The van der Waals surface area contributed by atoms with Crippen LogP contribution < -0.4 is 10.4 Å². The van der Waals surface area contributed by atoms with E-state index in [2.05, 4.69) is 21.6 Å². The number of allylic oxidation sites excluding steroid dienone is 1. The molecule has 2 aliphatic rings. The van der Waals surface area contributed by atoms with Crippen LogP contribution in [0.3, 0.4) is 0 Å². The molecule has 0 saturated heterocycles. The summed E-state index contributed by atoms with van der Waals surface area (Å²) in [6.45, 7) is 1.99.